The summed E-state index contributed by atoms with van der Waals surface area (Å²) in [4.78, 5) is 2.32. The second-order valence-electron chi connectivity index (χ2n) is 5.30. The Labute approximate surface area is 99.2 Å². The van der Waals surface area contributed by atoms with Gasteiger partial charge in [-0.25, -0.2) is 0 Å². The minimum Gasteiger partial charge on any atom is -0.375 e. The molecule has 0 amide bonds. The summed E-state index contributed by atoms with van der Waals surface area (Å²) < 4.78 is 0. The van der Waals surface area contributed by atoms with Gasteiger partial charge in [-0.15, -0.1) is 0 Å². The smallest absolute Gasteiger partial charge is 0.121 e. The maximum atomic E-state index is 11.0. The maximum Gasteiger partial charge on any atom is 0.121 e. The van der Waals surface area contributed by atoms with E-state index in [0.29, 0.717) is 5.92 Å². The van der Waals surface area contributed by atoms with E-state index in [1.54, 1.807) is 0 Å². The fourth-order valence-electron chi connectivity index (χ4n) is 3.39. The molecule has 94 valence electrons. The van der Waals surface area contributed by atoms with Gasteiger partial charge in [-0.05, 0) is 19.3 Å². The lowest BCUT2D eigenvalue weighted by molar-refractivity contribution is -0.163. The Morgan fingerprint density at radius 2 is 1.81 bits per heavy atom. The van der Waals surface area contributed by atoms with Crippen LogP contribution >= 0.6 is 0 Å². The highest BCUT2D eigenvalue weighted by Gasteiger charge is 2.41. The van der Waals surface area contributed by atoms with Gasteiger partial charge in [0.05, 0.1) is 0 Å². The van der Waals surface area contributed by atoms with E-state index in [9.17, 15) is 5.11 Å². The quantitative estimate of drug-likeness (QED) is 0.767. The lowest BCUT2D eigenvalue weighted by Crippen LogP contribution is -2.59. The molecule has 1 heterocycles. The number of hydrogen-bond acceptors (Lipinski definition) is 3. The summed E-state index contributed by atoms with van der Waals surface area (Å²) in [6, 6.07) is 0. The highest BCUT2D eigenvalue weighted by Crippen LogP contribution is 2.37. The molecule has 0 radical (unpaired) electrons. The van der Waals surface area contributed by atoms with Gasteiger partial charge in [-0.1, -0.05) is 26.2 Å². The summed E-state index contributed by atoms with van der Waals surface area (Å²) in [6.07, 6.45) is 7.27. The van der Waals surface area contributed by atoms with Crippen LogP contribution in [0.3, 0.4) is 0 Å². The van der Waals surface area contributed by atoms with Crippen LogP contribution in [0, 0.1) is 5.92 Å². The van der Waals surface area contributed by atoms with Crippen LogP contribution in [0.1, 0.15) is 45.4 Å². The first-order valence-corrected chi connectivity index (χ1v) is 6.95. The lowest BCUT2D eigenvalue weighted by Gasteiger charge is -2.47. The van der Waals surface area contributed by atoms with Gasteiger partial charge in [0.2, 0.25) is 0 Å². The number of nitrogens with one attached hydrogen (secondary N) is 1. The molecule has 0 aromatic heterocycles. The van der Waals surface area contributed by atoms with Crippen molar-refractivity contribution in [2.75, 3.05) is 26.2 Å². The van der Waals surface area contributed by atoms with Crippen LogP contribution in [0.25, 0.3) is 0 Å². The third-order valence-electron chi connectivity index (χ3n) is 4.44. The minimum atomic E-state index is -0.525. The molecular weight excluding hydrogens is 200 g/mol. The van der Waals surface area contributed by atoms with Crippen LogP contribution in [-0.4, -0.2) is 41.9 Å². The monoisotopic (exact) mass is 226 g/mol. The zero-order chi connectivity index (χ0) is 11.4. The summed E-state index contributed by atoms with van der Waals surface area (Å²) >= 11 is 0. The first-order chi connectivity index (χ1) is 7.77. The molecule has 16 heavy (non-hydrogen) atoms. The Morgan fingerprint density at radius 1 is 1.19 bits per heavy atom. The maximum absolute atomic E-state index is 11.0. The van der Waals surface area contributed by atoms with Crippen LogP contribution in [0.4, 0.5) is 0 Å². The van der Waals surface area contributed by atoms with Crippen molar-refractivity contribution in [1.82, 2.24) is 10.2 Å². The standard InChI is InChI=1S/C13H26N2O/c1-2-13(16,12-6-4-3-5-7-12)15-10-8-14-9-11-15/h12,14,16H,2-11H2,1H3. The van der Waals surface area contributed by atoms with E-state index >= 15 is 0 Å². The largest absolute Gasteiger partial charge is 0.375 e. The van der Waals surface area contributed by atoms with Crippen LogP contribution in [0.15, 0.2) is 0 Å². The van der Waals surface area contributed by atoms with Crippen molar-refractivity contribution in [1.29, 1.82) is 0 Å². The molecule has 1 unspecified atom stereocenters. The zero-order valence-electron chi connectivity index (χ0n) is 10.5. The summed E-state index contributed by atoms with van der Waals surface area (Å²) in [5.74, 6) is 0.504. The second kappa shape index (κ2) is 5.48. The van der Waals surface area contributed by atoms with Gasteiger partial charge >= 0.3 is 0 Å². The summed E-state index contributed by atoms with van der Waals surface area (Å²) in [5.41, 5.74) is -0.525. The van der Waals surface area contributed by atoms with E-state index in [1.807, 2.05) is 0 Å². The van der Waals surface area contributed by atoms with E-state index in [4.69, 9.17) is 0 Å². The Bertz CT molecular complexity index is 190. The predicted octanol–water partition coefficient (Wildman–Crippen LogP) is 1.57. The van der Waals surface area contributed by atoms with Gasteiger partial charge in [0.25, 0.3) is 0 Å². The van der Waals surface area contributed by atoms with E-state index in [2.05, 4.69) is 17.1 Å². The molecule has 3 nitrogen and oxygen atoms in total. The lowest BCUT2D eigenvalue weighted by atomic mass is 9.79. The normalized spacial score (nSPS) is 28.9. The van der Waals surface area contributed by atoms with Gasteiger partial charge in [0, 0.05) is 32.1 Å². The molecule has 0 aromatic rings. The molecule has 0 spiro atoms. The molecule has 2 aliphatic rings. The van der Waals surface area contributed by atoms with Crippen molar-refractivity contribution >= 4 is 0 Å². The fraction of sp³-hybridized carbons (Fsp3) is 1.00. The number of hydrogen-bond donors (Lipinski definition) is 2. The number of piperazine rings is 1. The Kier molecular flexibility index (Phi) is 4.22. The summed E-state index contributed by atoms with van der Waals surface area (Å²) in [5, 5.41) is 14.3. The van der Waals surface area contributed by atoms with Crippen LogP contribution < -0.4 is 5.32 Å². The summed E-state index contributed by atoms with van der Waals surface area (Å²) in [7, 11) is 0. The van der Waals surface area contributed by atoms with Crippen LogP contribution in [-0.2, 0) is 0 Å². The van der Waals surface area contributed by atoms with Crippen molar-refractivity contribution in [2.45, 2.75) is 51.2 Å². The van der Waals surface area contributed by atoms with Gasteiger partial charge in [0.1, 0.15) is 5.72 Å². The van der Waals surface area contributed by atoms with Crippen LogP contribution in [0.5, 0.6) is 0 Å². The molecule has 1 saturated heterocycles. The number of nitrogens with zero attached hydrogens (tertiary/aromatic N) is 1. The zero-order valence-corrected chi connectivity index (χ0v) is 10.5. The number of rotatable bonds is 3. The molecule has 2 N–H and O–H groups in total. The highest BCUT2D eigenvalue weighted by atomic mass is 16.3. The Hall–Kier alpha value is -0.120. The Balaban J connectivity index is 2.03. The average Bonchev–Trinajstić information content (AvgIpc) is 2.40. The Morgan fingerprint density at radius 3 is 2.38 bits per heavy atom. The van der Waals surface area contributed by atoms with Crippen molar-refractivity contribution < 1.29 is 5.11 Å². The first-order valence-electron chi connectivity index (χ1n) is 6.95. The first kappa shape index (κ1) is 12.3. The van der Waals surface area contributed by atoms with Gasteiger partial charge < -0.3 is 10.4 Å². The number of aliphatic hydroxyl groups is 1. The van der Waals surface area contributed by atoms with E-state index in [0.717, 1.165) is 32.6 Å². The average molecular weight is 226 g/mol. The topological polar surface area (TPSA) is 35.5 Å². The highest BCUT2D eigenvalue weighted by molar-refractivity contribution is 4.89. The summed E-state index contributed by atoms with van der Waals surface area (Å²) in [6.45, 7) is 6.18. The van der Waals surface area contributed by atoms with Crippen LogP contribution in [0.2, 0.25) is 0 Å². The van der Waals surface area contributed by atoms with Gasteiger partial charge in [0.15, 0.2) is 0 Å². The molecule has 0 bridgehead atoms. The minimum absolute atomic E-state index is 0.504. The predicted molar refractivity (Wildman–Crippen MR) is 66.3 cm³/mol. The molecule has 0 aromatic carbocycles. The van der Waals surface area contributed by atoms with Crippen molar-refractivity contribution in [2.24, 2.45) is 5.92 Å². The molecule has 1 atom stereocenters. The molecule has 1 aliphatic carbocycles. The third kappa shape index (κ3) is 2.41. The third-order valence-corrected chi connectivity index (χ3v) is 4.44. The second-order valence-corrected chi connectivity index (χ2v) is 5.30. The molecule has 1 saturated carbocycles. The van der Waals surface area contributed by atoms with Crippen molar-refractivity contribution in [3.8, 4) is 0 Å². The SMILES string of the molecule is CCC(O)(C1CCCCC1)N1CCNCC1. The molecule has 2 rings (SSSR count). The molecular formula is C13H26N2O. The molecule has 1 aliphatic heterocycles. The fourth-order valence-corrected chi connectivity index (χ4v) is 3.39. The van der Waals surface area contributed by atoms with Gasteiger partial charge in [-0.3, -0.25) is 4.90 Å². The van der Waals surface area contributed by atoms with Crippen molar-refractivity contribution in [3.63, 3.8) is 0 Å². The van der Waals surface area contributed by atoms with Crippen molar-refractivity contribution in [3.05, 3.63) is 0 Å². The van der Waals surface area contributed by atoms with E-state index in [1.165, 1.54) is 32.1 Å². The molecule has 2 fully saturated rings. The van der Waals surface area contributed by atoms with E-state index < -0.39 is 5.72 Å². The molecule has 3 heteroatoms. The van der Waals surface area contributed by atoms with Gasteiger partial charge in [-0.2, -0.15) is 0 Å². The van der Waals surface area contributed by atoms with E-state index in [-0.39, 0.29) is 0 Å².